The van der Waals surface area contributed by atoms with E-state index in [9.17, 15) is 8.78 Å². The fourth-order valence-corrected chi connectivity index (χ4v) is 1.06. The summed E-state index contributed by atoms with van der Waals surface area (Å²) >= 11 is 0. The summed E-state index contributed by atoms with van der Waals surface area (Å²) in [5.41, 5.74) is 0.327. The molecule has 0 amide bonds. The van der Waals surface area contributed by atoms with Crippen LogP contribution in [0, 0.1) is 0 Å². The second kappa shape index (κ2) is 4.60. The molecule has 14 heavy (non-hydrogen) atoms. The van der Waals surface area contributed by atoms with Gasteiger partial charge in [-0.25, -0.2) is 0 Å². The van der Waals surface area contributed by atoms with Crippen LogP contribution in [-0.2, 0) is 0 Å². The molecule has 0 bridgehead atoms. The lowest BCUT2D eigenvalue weighted by molar-refractivity contribution is 0.392. The first-order chi connectivity index (χ1) is 6.67. The summed E-state index contributed by atoms with van der Waals surface area (Å²) in [5.74, 6) is 0.926. The van der Waals surface area contributed by atoms with E-state index >= 15 is 0 Å². The third-order valence-electron chi connectivity index (χ3n) is 1.71. The van der Waals surface area contributed by atoms with Gasteiger partial charge in [0.15, 0.2) is 0 Å². The SMILES string of the molecule is COc1ccc(C=C(F)F)c(OC)c1. The molecule has 0 aliphatic rings. The van der Waals surface area contributed by atoms with E-state index in [0.717, 1.165) is 6.08 Å². The predicted octanol–water partition coefficient (Wildman–Crippen LogP) is 2.94. The molecular weight excluding hydrogens is 190 g/mol. The van der Waals surface area contributed by atoms with Crippen molar-refractivity contribution in [1.29, 1.82) is 0 Å². The fourth-order valence-electron chi connectivity index (χ4n) is 1.06. The molecule has 0 atom stereocenters. The molecule has 76 valence electrons. The molecule has 0 aliphatic heterocycles. The molecule has 0 fully saturated rings. The number of rotatable bonds is 3. The molecule has 0 saturated heterocycles. The quantitative estimate of drug-likeness (QED) is 0.746. The van der Waals surface area contributed by atoms with E-state index in [-0.39, 0.29) is 0 Å². The highest BCUT2D eigenvalue weighted by Gasteiger charge is 2.03. The van der Waals surface area contributed by atoms with Crippen molar-refractivity contribution in [2.75, 3.05) is 14.2 Å². The molecular formula is C10H10F2O2. The Hall–Kier alpha value is -1.58. The topological polar surface area (TPSA) is 18.5 Å². The molecule has 0 spiro atoms. The summed E-state index contributed by atoms with van der Waals surface area (Å²) in [7, 11) is 2.92. The smallest absolute Gasteiger partial charge is 0.271 e. The van der Waals surface area contributed by atoms with E-state index in [1.165, 1.54) is 20.3 Å². The van der Waals surface area contributed by atoms with Crippen molar-refractivity contribution < 1.29 is 18.3 Å². The van der Waals surface area contributed by atoms with Crippen molar-refractivity contribution >= 4 is 6.08 Å². The van der Waals surface area contributed by atoms with Gasteiger partial charge in [0.2, 0.25) is 0 Å². The summed E-state index contributed by atoms with van der Waals surface area (Å²) in [6.07, 6.45) is -1.01. The average molecular weight is 200 g/mol. The molecule has 1 aromatic rings. The third-order valence-corrected chi connectivity index (χ3v) is 1.71. The number of ether oxygens (including phenoxy) is 2. The number of halogens is 2. The van der Waals surface area contributed by atoms with Crippen LogP contribution in [0.25, 0.3) is 6.08 Å². The first-order valence-electron chi connectivity index (χ1n) is 3.92. The van der Waals surface area contributed by atoms with E-state index < -0.39 is 6.08 Å². The molecule has 2 nitrogen and oxygen atoms in total. The molecule has 0 aliphatic carbocycles. The lowest BCUT2D eigenvalue weighted by Crippen LogP contribution is -1.89. The van der Waals surface area contributed by atoms with Gasteiger partial charge in [-0.3, -0.25) is 0 Å². The number of hydrogen-bond donors (Lipinski definition) is 0. The first kappa shape index (κ1) is 10.5. The Morgan fingerprint density at radius 2 is 1.93 bits per heavy atom. The number of benzene rings is 1. The maximum absolute atomic E-state index is 12.0. The highest BCUT2D eigenvalue weighted by molar-refractivity contribution is 5.59. The van der Waals surface area contributed by atoms with Crippen molar-refractivity contribution in [1.82, 2.24) is 0 Å². The Morgan fingerprint density at radius 3 is 2.43 bits per heavy atom. The van der Waals surface area contributed by atoms with E-state index in [0.29, 0.717) is 17.1 Å². The second-order valence-electron chi connectivity index (χ2n) is 2.54. The van der Waals surface area contributed by atoms with Gasteiger partial charge in [-0.05, 0) is 12.1 Å². The summed E-state index contributed by atoms with van der Waals surface area (Å²) in [4.78, 5) is 0. The number of methoxy groups -OCH3 is 2. The molecule has 4 heteroatoms. The van der Waals surface area contributed by atoms with Gasteiger partial charge < -0.3 is 9.47 Å². The zero-order chi connectivity index (χ0) is 10.6. The average Bonchev–Trinajstić information content (AvgIpc) is 2.17. The van der Waals surface area contributed by atoms with E-state index in [2.05, 4.69) is 0 Å². The van der Waals surface area contributed by atoms with Crippen molar-refractivity contribution in [3.8, 4) is 11.5 Å². The van der Waals surface area contributed by atoms with Crippen molar-refractivity contribution in [3.63, 3.8) is 0 Å². The van der Waals surface area contributed by atoms with Gasteiger partial charge in [-0.15, -0.1) is 0 Å². The molecule has 0 heterocycles. The largest absolute Gasteiger partial charge is 0.497 e. The summed E-state index contributed by atoms with van der Waals surface area (Å²) in [6, 6.07) is 4.66. The minimum atomic E-state index is -1.76. The summed E-state index contributed by atoms with van der Waals surface area (Å²) < 4.78 is 33.8. The molecule has 0 saturated carbocycles. The minimum Gasteiger partial charge on any atom is -0.497 e. The second-order valence-corrected chi connectivity index (χ2v) is 2.54. The first-order valence-corrected chi connectivity index (χ1v) is 3.92. The molecule has 1 rings (SSSR count). The maximum atomic E-state index is 12.0. The lowest BCUT2D eigenvalue weighted by atomic mass is 10.2. The van der Waals surface area contributed by atoms with Crippen LogP contribution < -0.4 is 9.47 Å². The van der Waals surface area contributed by atoms with Crippen LogP contribution in [0.2, 0.25) is 0 Å². The molecule has 0 aromatic heterocycles. The maximum Gasteiger partial charge on any atom is 0.271 e. The van der Waals surface area contributed by atoms with E-state index in [4.69, 9.17) is 9.47 Å². The van der Waals surface area contributed by atoms with Crippen LogP contribution in [0.5, 0.6) is 11.5 Å². The van der Waals surface area contributed by atoms with Crippen molar-refractivity contribution in [3.05, 3.63) is 29.8 Å². The zero-order valence-corrected chi connectivity index (χ0v) is 7.88. The summed E-state index contributed by atoms with van der Waals surface area (Å²) in [6.45, 7) is 0. The Bertz CT molecular complexity index is 344. The molecule has 0 N–H and O–H groups in total. The normalized spacial score (nSPS) is 9.43. The monoisotopic (exact) mass is 200 g/mol. The van der Waals surface area contributed by atoms with Gasteiger partial charge in [-0.1, -0.05) is 0 Å². The predicted molar refractivity (Wildman–Crippen MR) is 49.7 cm³/mol. The van der Waals surface area contributed by atoms with Crippen LogP contribution in [-0.4, -0.2) is 14.2 Å². The van der Waals surface area contributed by atoms with Gasteiger partial charge in [0.25, 0.3) is 6.08 Å². The molecule has 0 radical (unpaired) electrons. The lowest BCUT2D eigenvalue weighted by Gasteiger charge is -2.06. The Balaban J connectivity index is 3.11. The fraction of sp³-hybridized carbons (Fsp3) is 0.200. The highest BCUT2D eigenvalue weighted by atomic mass is 19.3. The van der Waals surface area contributed by atoms with E-state index in [1.54, 1.807) is 12.1 Å². The molecule has 1 aromatic carbocycles. The standard InChI is InChI=1S/C10H10F2O2/c1-13-8-4-3-7(5-10(11)12)9(6-8)14-2/h3-6H,1-2H3. The molecule has 0 unspecified atom stereocenters. The Labute approximate surface area is 80.8 Å². The van der Waals surface area contributed by atoms with Crippen molar-refractivity contribution in [2.24, 2.45) is 0 Å². The van der Waals surface area contributed by atoms with Gasteiger partial charge in [0, 0.05) is 17.7 Å². The van der Waals surface area contributed by atoms with Crippen LogP contribution >= 0.6 is 0 Å². The van der Waals surface area contributed by atoms with Gasteiger partial charge >= 0.3 is 0 Å². The van der Waals surface area contributed by atoms with Gasteiger partial charge in [-0.2, -0.15) is 8.78 Å². The Morgan fingerprint density at radius 1 is 1.21 bits per heavy atom. The minimum absolute atomic E-state index is 0.327. The van der Waals surface area contributed by atoms with Gasteiger partial charge in [0.1, 0.15) is 11.5 Å². The van der Waals surface area contributed by atoms with Gasteiger partial charge in [0.05, 0.1) is 14.2 Å². The van der Waals surface area contributed by atoms with Crippen LogP contribution in [0.4, 0.5) is 8.78 Å². The highest BCUT2D eigenvalue weighted by Crippen LogP contribution is 2.26. The van der Waals surface area contributed by atoms with Crippen LogP contribution in [0.1, 0.15) is 5.56 Å². The van der Waals surface area contributed by atoms with Crippen molar-refractivity contribution in [2.45, 2.75) is 0 Å². The Kier molecular flexibility index (Phi) is 3.45. The van der Waals surface area contributed by atoms with E-state index in [1.807, 2.05) is 0 Å². The zero-order valence-electron chi connectivity index (χ0n) is 7.88. The third kappa shape index (κ3) is 2.45. The number of hydrogen-bond acceptors (Lipinski definition) is 2. The van der Waals surface area contributed by atoms with Crippen LogP contribution in [0.15, 0.2) is 24.3 Å². The summed E-state index contributed by atoms with van der Waals surface area (Å²) in [5, 5.41) is 0. The van der Waals surface area contributed by atoms with Crippen LogP contribution in [0.3, 0.4) is 0 Å².